The molecule has 0 aliphatic carbocycles. The molecule has 1 saturated heterocycles. The van der Waals surface area contributed by atoms with Gasteiger partial charge < -0.3 is 14.4 Å². The van der Waals surface area contributed by atoms with Crippen LogP contribution in [0.2, 0.25) is 0 Å². The number of aromatic nitrogens is 4. The second-order valence-electron chi connectivity index (χ2n) is 5.63. The number of anilines is 1. The summed E-state index contributed by atoms with van der Waals surface area (Å²) in [5.74, 6) is 0.266. The Morgan fingerprint density at radius 2 is 1.67 bits per heavy atom. The summed E-state index contributed by atoms with van der Waals surface area (Å²) in [6.45, 7) is 2.09. The van der Waals surface area contributed by atoms with E-state index < -0.39 is 11.2 Å². The molecule has 0 radical (unpaired) electrons. The first-order chi connectivity index (χ1) is 11.5. The maximum absolute atomic E-state index is 12.6. The zero-order valence-electron chi connectivity index (χ0n) is 13.5. The first kappa shape index (κ1) is 15.9. The van der Waals surface area contributed by atoms with Gasteiger partial charge in [-0.3, -0.25) is 14.2 Å². The molecular weight excluding hydrogens is 312 g/mol. The summed E-state index contributed by atoms with van der Waals surface area (Å²) >= 11 is 0. The van der Waals surface area contributed by atoms with Gasteiger partial charge in [0.1, 0.15) is 5.56 Å². The van der Waals surface area contributed by atoms with Crippen molar-refractivity contribution >= 4 is 11.9 Å². The molecular formula is C15H18N6O3. The summed E-state index contributed by atoms with van der Waals surface area (Å²) < 4.78 is 2.18. The fourth-order valence-corrected chi connectivity index (χ4v) is 2.69. The van der Waals surface area contributed by atoms with Gasteiger partial charge in [0.15, 0.2) is 0 Å². The highest BCUT2D eigenvalue weighted by Crippen LogP contribution is 2.11. The Labute approximate surface area is 137 Å². The van der Waals surface area contributed by atoms with Crippen LogP contribution in [0.4, 0.5) is 5.95 Å². The van der Waals surface area contributed by atoms with E-state index in [-0.39, 0.29) is 11.5 Å². The highest BCUT2D eigenvalue weighted by atomic mass is 16.2. The Morgan fingerprint density at radius 3 is 2.29 bits per heavy atom. The number of piperazine rings is 1. The number of carbonyl (C=O) groups excluding carboxylic acids is 1. The van der Waals surface area contributed by atoms with Crippen LogP contribution in [-0.2, 0) is 14.1 Å². The summed E-state index contributed by atoms with van der Waals surface area (Å²) in [6.07, 6.45) is 4.65. The number of hydrogen-bond acceptors (Lipinski definition) is 6. The average molecular weight is 330 g/mol. The zero-order chi connectivity index (χ0) is 17.3. The van der Waals surface area contributed by atoms with E-state index in [1.807, 2.05) is 4.90 Å². The molecule has 24 heavy (non-hydrogen) atoms. The number of aryl methyl sites for hydroxylation is 1. The van der Waals surface area contributed by atoms with Crippen LogP contribution in [0.25, 0.3) is 0 Å². The van der Waals surface area contributed by atoms with E-state index in [9.17, 15) is 14.4 Å². The molecule has 0 atom stereocenters. The molecule has 1 fully saturated rings. The molecule has 2 aromatic heterocycles. The summed E-state index contributed by atoms with van der Waals surface area (Å²) in [5, 5.41) is 0. The lowest BCUT2D eigenvalue weighted by atomic mass is 10.2. The van der Waals surface area contributed by atoms with Crippen molar-refractivity contribution in [3.63, 3.8) is 0 Å². The quantitative estimate of drug-likeness (QED) is 0.689. The molecule has 0 spiro atoms. The summed E-state index contributed by atoms with van der Waals surface area (Å²) in [6, 6.07) is 1.75. The van der Waals surface area contributed by atoms with Crippen molar-refractivity contribution in [2.75, 3.05) is 31.1 Å². The predicted octanol–water partition coefficient (Wildman–Crippen LogP) is -1.16. The molecule has 126 valence electrons. The molecule has 3 rings (SSSR count). The van der Waals surface area contributed by atoms with Gasteiger partial charge in [-0.25, -0.2) is 14.8 Å². The molecule has 1 aliphatic heterocycles. The van der Waals surface area contributed by atoms with Crippen molar-refractivity contribution in [3.05, 3.63) is 51.1 Å². The third-order valence-electron chi connectivity index (χ3n) is 4.08. The second kappa shape index (κ2) is 6.26. The molecule has 2 aromatic rings. The van der Waals surface area contributed by atoms with Gasteiger partial charge in [-0.1, -0.05) is 0 Å². The maximum atomic E-state index is 12.6. The molecule has 9 nitrogen and oxygen atoms in total. The van der Waals surface area contributed by atoms with Crippen molar-refractivity contribution in [2.45, 2.75) is 0 Å². The van der Waals surface area contributed by atoms with E-state index >= 15 is 0 Å². The van der Waals surface area contributed by atoms with Gasteiger partial charge in [-0.15, -0.1) is 0 Å². The van der Waals surface area contributed by atoms with Crippen molar-refractivity contribution in [2.24, 2.45) is 14.1 Å². The van der Waals surface area contributed by atoms with Gasteiger partial charge in [0.2, 0.25) is 5.95 Å². The van der Waals surface area contributed by atoms with Crippen LogP contribution in [-0.4, -0.2) is 56.1 Å². The normalized spacial score (nSPS) is 14.8. The molecule has 3 heterocycles. The molecule has 1 aliphatic rings. The minimum atomic E-state index is -0.572. The maximum Gasteiger partial charge on any atom is 0.330 e. The lowest BCUT2D eigenvalue weighted by Crippen LogP contribution is -2.51. The number of carbonyl (C=O) groups is 1. The molecule has 0 aromatic carbocycles. The first-order valence-corrected chi connectivity index (χ1v) is 7.57. The monoisotopic (exact) mass is 330 g/mol. The highest BCUT2D eigenvalue weighted by Gasteiger charge is 2.26. The number of amides is 1. The smallest absolute Gasteiger partial charge is 0.330 e. The highest BCUT2D eigenvalue weighted by molar-refractivity contribution is 5.93. The Balaban J connectivity index is 1.77. The van der Waals surface area contributed by atoms with Crippen molar-refractivity contribution in [3.8, 4) is 0 Å². The number of hydrogen-bond donors (Lipinski definition) is 0. The largest absolute Gasteiger partial charge is 0.337 e. The van der Waals surface area contributed by atoms with Gasteiger partial charge in [-0.05, 0) is 6.07 Å². The molecule has 0 saturated carbocycles. The van der Waals surface area contributed by atoms with Crippen LogP contribution in [0.3, 0.4) is 0 Å². The summed E-state index contributed by atoms with van der Waals surface area (Å²) in [7, 11) is 2.88. The van der Waals surface area contributed by atoms with Gasteiger partial charge in [0, 0.05) is 58.9 Å². The van der Waals surface area contributed by atoms with Gasteiger partial charge in [0.25, 0.3) is 11.5 Å². The Kier molecular flexibility index (Phi) is 4.15. The van der Waals surface area contributed by atoms with Crippen LogP contribution in [0.1, 0.15) is 10.4 Å². The Hall–Kier alpha value is -2.97. The van der Waals surface area contributed by atoms with E-state index in [0.29, 0.717) is 32.1 Å². The minimum absolute atomic E-state index is 0.00371. The molecule has 0 unspecified atom stereocenters. The Morgan fingerprint density at radius 1 is 1.04 bits per heavy atom. The fraction of sp³-hybridized carbons (Fsp3) is 0.400. The van der Waals surface area contributed by atoms with Crippen LogP contribution in [0, 0.1) is 0 Å². The third-order valence-corrected chi connectivity index (χ3v) is 4.08. The fourth-order valence-electron chi connectivity index (χ4n) is 2.69. The second-order valence-corrected chi connectivity index (χ2v) is 5.63. The zero-order valence-corrected chi connectivity index (χ0v) is 13.5. The lowest BCUT2D eigenvalue weighted by Gasteiger charge is -2.34. The molecule has 0 bridgehead atoms. The number of nitrogens with zero attached hydrogens (tertiary/aromatic N) is 6. The van der Waals surface area contributed by atoms with Gasteiger partial charge in [0.05, 0.1) is 0 Å². The molecule has 0 N–H and O–H groups in total. The topological polar surface area (TPSA) is 93.3 Å². The van der Waals surface area contributed by atoms with E-state index in [1.54, 1.807) is 23.4 Å². The minimum Gasteiger partial charge on any atom is -0.337 e. The lowest BCUT2D eigenvalue weighted by molar-refractivity contribution is 0.0742. The average Bonchev–Trinajstić information content (AvgIpc) is 2.63. The number of rotatable bonds is 2. The predicted molar refractivity (Wildman–Crippen MR) is 87.1 cm³/mol. The standard InChI is InChI=1S/C15H18N6O3/c1-18-10-11(12(22)19(2)15(18)24)13(23)20-6-8-21(9-7-20)14-16-4-3-5-17-14/h3-5,10H,6-9H2,1-2H3. The first-order valence-electron chi connectivity index (χ1n) is 7.57. The van der Waals surface area contributed by atoms with E-state index in [4.69, 9.17) is 0 Å². The van der Waals surface area contributed by atoms with Crippen LogP contribution >= 0.6 is 0 Å². The van der Waals surface area contributed by atoms with E-state index in [0.717, 1.165) is 4.57 Å². The summed E-state index contributed by atoms with van der Waals surface area (Å²) in [4.78, 5) is 48.5. The Bertz CT molecular complexity index is 865. The van der Waals surface area contributed by atoms with E-state index in [1.165, 1.54) is 24.9 Å². The van der Waals surface area contributed by atoms with Gasteiger partial charge >= 0.3 is 5.69 Å². The SMILES string of the molecule is Cn1cc(C(=O)N2CCN(c3ncccn3)CC2)c(=O)n(C)c1=O. The van der Waals surface area contributed by atoms with Crippen LogP contribution in [0.5, 0.6) is 0 Å². The van der Waals surface area contributed by atoms with E-state index in [2.05, 4.69) is 9.97 Å². The van der Waals surface area contributed by atoms with Gasteiger partial charge in [-0.2, -0.15) is 0 Å². The van der Waals surface area contributed by atoms with Crippen molar-refractivity contribution < 1.29 is 4.79 Å². The molecule has 1 amide bonds. The van der Waals surface area contributed by atoms with Crippen molar-refractivity contribution in [1.82, 2.24) is 24.0 Å². The third kappa shape index (κ3) is 2.80. The molecule has 9 heteroatoms. The van der Waals surface area contributed by atoms with Crippen LogP contribution in [0.15, 0.2) is 34.2 Å². The van der Waals surface area contributed by atoms with Crippen LogP contribution < -0.4 is 16.1 Å². The van der Waals surface area contributed by atoms with Crippen molar-refractivity contribution in [1.29, 1.82) is 0 Å². The summed E-state index contributed by atoms with van der Waals surface area (Å²) in [5.41, 5.74) is -1.02.